The van der Waals surface area contributed by atoms with E-state index >= 15 is 0 Å². The molecule has 0 saturated carbocycles. The Kier molecular flexibility index (Phi) is 2.95. The minimum absolute atomic E-state index is 0.0837. The van der Waals surface area contributed by atoms with Gasteiger partial charge in [0, 0.05) is 28.1 Å². The van der Waals surface area contributed by atoms with Crippen LogP contribution in [-0.4, -0.2) is 5.91 Å². The number of amides is 1. The van der Waals surface area contributed by atoms with Gasteiger partial charge in [-0.3, -0.25) is 4.79 Å². The number of carbonyl (C=O) groups is 1. The van der Waals surface area contributed by atoms with Crippen molar-refractivity contribution in [3.05, 3.63) is 71.3 Å². The number of hydrogen-bond donors (Lipinski definition) is 2. The molecule has 0 atom stereocenters. The molecule has 0 saturated heterocycles. The highest BCUT2D eigenvalue weighted by molar-refractivity contribution is 6.35. The maximum atomic E-state index is 12.4. The van der Waals surface area contributed by atoms with Crippen LogP contribution in [0.3, 0.4) is 0 Å². The molecule has 0 radical (unpaired) electrons. The summed E-state index contributed by atoms with van der Waals surface area (Å²) in [6.07, 6.45) is 1.90. The third kappa shape index (κ3) is 2.18. The van der Waals surface area contributed by atoms with Crippen LogP contribution in [-0.2, 0) is 4.79 Å². The number of carbonyl (C=O) groups excluding carboxylic acids is 1. The van der Waals surface area contributed by atoms with E-state index in [1.54, 1.807) is 0 Å². The van der Waals surface area contributed by atoms with Crippen LogP contribution in [0, 0.1) is 6.92 Å². The number of anilines is 2. The highest BCUT2D eigenvalue weighted by Gasteiger charge is 2.25. The van der Waals surface area contributed by atoms with Crippen LogP contribution in [0.25, 0.3) is 22.8 Å². The molecule has 0 bridgehead atoms. The van der Waals surface area contributed by atoms with Crippen molar-refractivity contribution < 1.29 is 4.79 Å². The van der Waals surface area contributed by atoms with Gasteiger partial charge >= 0.3 is 0 Å². The zero-order valence-electron chi connectivity index (χ0n) is 12.8. The molecule has 0 spiro atoms. The van der Waals surface area contributed by atoms with Crippen LogP contribution in [0.1, 0.15) is 16.7 Å². The van der Waals surface area contributed by atoms with E-state index in [1.807, 2.05) is 67.6 Å². The highest BCUT2D eigenvalue weighted by Crippen LogP contribution is 2.39. The molecule has 3 N–H and O–H groups in total. The zero-order valence-corrected chi connectivity index (χ0v) is 12.8. The molecule has 112 valence electrons. The molecular formula is C20H16N2O. The summed E-state index contributed by atoms with van der Waals surface area (Å²) in [5.41, 5.74) is 13.5. The fraction of sp³-hybridized carbons (Fsp3) is 0.0500. The van der Waals surface area contributed by atoms with Crippen molar-refractivity contribution in [3.8, 4) is 11.1 Å². The predicted octanol–water partition coefficient (Wildman–Crippen LogP) is 4.17. The normalized spacial score (nSPS) is 15.0. The Morgan fingerprint density at radius 1 is 1.00 bits per heavy atom. The fourth-order valence-electron chi connectivity index (χ4n) is 3.08. The van der Waals surface area contributed by atoms with Gasteiger partial charge in [-0.1, -0.05) is 42.0 Å². The number of nitrogens with two attached hydrogens (primary N) is 1. The molecule has 4 rings (SSSR count). The molecular weight excluding hydrogens is 284 g/mol. The Balaban J connectivity index is 1.92. The first kappa shape index (κ1) is 13.6. The Morgan fingerprint density at radius 3 is 2.70 bits per heavy atom. The Morgan fingerprint density at radius 2 is 1.83 bits per heavy atom. The molecule has 1 heterocycles. The minimum Gasteiger partial charge on any atom is -0.398 e. The van der Waals surface area contributed by atoms with E-state index in [9.17, 15) is 4.79 Å². The number of nitrogens with one attached hydrogen (secondary N) is 1. The lowest BCUT2D eigenvalue weighted by atomic mass is 10.0. The molecule has 3 heteroatoms. The van der Waals surface area contributed by atoms with E-state index in [2.05, 4.69) is 5.32 Å². The van der Waals surface area contributed by atoms with E-state index in [0.29, 0.717) is 11.3 Å². The van der Waals surface area contributed by atoms with Crippen molar-refractivity contribution in [2.45, 2.75) is 6.92 Å². The largest absolute Gasteiger partial charge is 0.398 e. The summed E-state index contributed by atoms with van der Waals surface area (Å²) in [6, 6.07) is 17.9. The second kappa shape index (κ2) is 4.99. The van der Waals surface area contributed by atoms with Gasteiger partial charge in [0.25, 0.3) is 5.91 Å². The van der Waals surface area contributed by atoms with Gasteiger partial charge in [0.1, 0.15) is 0 Å². The van der Waals surface area contributed by atoms with E-state index < -0.39 is 0 Å². The lowest BCUT2D eigenvalue weighted by Crippen LogP contribution is -2.03. The van der Waals surface area contributed by atoms with Crippen LogP contribution in [0.2, 0.25) is 0 Å². The number of fused-ring (bicyclic) bond motifs is 2. The SMILES string of the molecule is Cc1ccc2c(c1)/C(=C/c1c(N)cc3cccccc1-3)C(=O)N2. The monoisotopic (exact) mass is 300 g/mol. The molecule has 23 heavy (non-hydrogen) atoms. The van der Waals surface area contributed by atoms with Gasteiger partial charge in [-0.25, -0.2) is 0 Å². The third-order valence-corrected chi connectivity index (χ3v) is 4.23. The topological polar surface area (TPSA) is 55.1 Å². The third-order valence-electron chi connectivity index (χ3n) is 4.23. The van der Waals surface area contributed by atoms with Crippen molar-refractivity contribution in [1.29, 1.82) is 0 Å². The summed E-state index contributed by atoms with van der Waals surface area (Å²) < 4.78 is 0. The van der Waals surface area contributed by atoms with Crippen LogP contribution in [0.5, 0.6) is 0 Å². The second-order valence-electron chi connectivity index (χ2n) is 5.85. The van der Waals surface area contributed by atoms with E-state index in [-0.39, 0.29) is 5.91 Å². The molecule has 1 aromatic rings. The average Bonchev–Trinajstić information content (AvgIpc) is 2.86. The first-order valence-electron chi connectivity index (χ1n) is 7.55. The van der Waals surface area contributed by atoms with Crippen LogP contribution >= 0.6 is 0 Å². The van der Waals surface area contributed by atoms with Gasteiger partial charge < -0.3 is 11.1 Å². The van der Waals surface area contributed by atoms with Crippen LogP contribution in [0.4, 0.5) is 11.4 Å². The molecule has 0 aromatic heterocycles. The molecule has 3 nitrogen and oxygen atoms in total. The molecule has 0 fully saturated rings. The first-order valence-corrected chi connectivity index (χ1v) is 7.55. The quantitative estimate of drug-likeness (QED) is 0.663. The predicted molar refractivity (Wildman–Crippen MR) is 95.2 cm³/mol. The second-order valence-corrected chi connectivity index (χ2v) is 5.85. The molecule has 1 aromatic carbocycles. The number of hydrogen-bond acceptors (Lipinski definition) is 2. The lowest BCUT2D eigenvalue weighted by Gasteiger charge is -2.02. The van der Waals surface area contributed by atoms with Crippen LogP contribution < -0.4 is 11.1 Å². The smallest absolute Gasteiger partial charge is 0.256 e. The van der Waals surface area contributed by atoms with Gasteiger partial charge in [0.2, 0.25) is 0 Å². The maximum Gasteiger partial charge on any atom is 0.256 e. The number of nitrogen functional groups attached to an aromatic ring is 1. The van der Waals surface area contributed by atoms with Crippen LogP contribution in [0.15, 0.2) is 54.6 Å². The van der Waals surface area contributed by atoms with Gasteiger partial charge in [-0.05, 0) is 42.3 Å². The number of aryl methyl sites for hydroxylation is 1. The van der Waals surface area contributed by atoms with Gasteiger partial charge in [0.05, 0.1) is 0 Å². The lowest BCUT2D eigenvalue weighted by molar-refractivity contribution is -0.110. The number of benzene rings is 1. The van der Waals surface area contributed by atoms with E-state index in [1.165, 1.54) is 0 Å². The van der Waals surface area contributed by atoms with E-state index in [4.69, 9.17) is 5.73 Å². The van der Waals surface area contributed by atoms with Crippen molar-refractivity contribution in [2.75, 3.05) is 11.1 Å². The van der Waals surface area contributed by atoms with Gasteiger partial charge in [0.15, 0.2) is 0 Å². The zero-order chi connectivity index (χ0) is 16.0. The van der Waals surface area contributed by atoms with Crippen molar-refractivity contribution >= 4 is 28.9 Å². The Bertz CT molecular complexity index is 940. The Labute approximate surface area is 134 Å². The van der Waals surface area contributed by atoms with E-state index in [0.717, 1.165) is 33.5 Å². The van der Waals surface area contributed by atoms with Crippen molar-refractivity contribution in [2.24, 2.45) is 0 Å². The first-order chi connectivity index (χ1) is 11.1. The summed E-state index contributed by atoms with van der Waals surface area (Å²) in [7, 11) is 0. The molecule has 1 amide bonds. The summed E-state index contributed by atoms with van der Waals surface area (Å²) in [4.78, 5) is 12.4. The maximum absolute atomic E-state index is 12.4. The summed E-state index contributed by atoms with van der Waals surface area (Å²) in [5.74, 6) is -0.0837. The average molecular weight is 300 g/mol. The van der Waals surface area contributed by atoms with Gasteiger partial charge in [-0.2, -0.15) is 0 Å². The minimum atomic E-state index is -0.0837. The molecule has 1 aliphatic heterocycles. The molecule has 0 unspecified atom stereocenters. The molecule has 3 aliphatic rings. The van der Waals surface area contributed by atoms with Gasteiger partial charge in [-0.15, -0.1) is 0 Å². The fourth-order valence-corrected chi connectivity index (χ4v) is 3.08. The summed E-state index contributed by atoms with van der Waals surface area (Å²) in [6.45, 7) is 2.02. The Hall–Kier alpha value is -3.07. The molecule has 2 aliphatic carbocycles. The highest BCUT2D eigenvalue weighted by atomic mass is 16.2. The standard InChI is InChI=1S/C20H16N2O/c1-12-7-8-19-16(9-12)17(20(23)22-19)11-15-14-6-4-2-3-5-13(14)10-18(15)21/h2-11H,21H2,1H3,(H,22,23)/b17-11-. The summed E-state index contributed by atoms with van der Waals surface area (Å²) >= 11 is 0. The van der Waals surface area contributed by atoms with Crippen molar-refractivity contribution in [1.82, 2.24) is 0 Å². The summed E-state index contributed by atoms with van der Waals surface area (Å²) in [5, 5.41) is 2.91. The number of rotatable bonds is 1. The van der Waals surface area contributed by atoms with Crippen molar-refractivity contribution in [3.63, 3.8) is 0 Å².